The van der Waals surface area contributed by atoms with Crippen LogP contribution in [-0.2, 0) is 23.4 Å². The Labute approximate surface area is 252 Å². The Bertz CT molecular complexity index is 1370. The molecule has 1 saturated heterocycles. The molecule has 1 aliphatic heterocycles. The summed E-state index contributed by atoms with van der Waals surface area (Å²) < 4.78 is 29.8. The van der Waals surface area contributed by atoms with E-state index in [1.807, 2.05) is 0 Å². The molecule has 0 radical (unpaired) electrons. The van der Waals surface area contributed by atoms with E-state index in [1.54, 1.807) is 91.0 Å². The van der Waals surface area contributed by atoms with Crippen LogP contribution in [0.15, 0.2) is 91.0 Å². The fraction of sp³-hybridized carbons (Fsp3) is 0.364. The van der Waals surface area contributed by atoms with Crippen molar-refractivity contribution in [3.63, 3.8) is 0 Å². The Hall–Kier alpha value is -3.83. The van der Waals surface area contributed by atoms with Gasteiger partial charge in [0.15, 0.2) is 32.9 Å². The maximum atomic E-state index is 13.3. The van der Waals surface area contributed by atoms with Crippen LogP contribution in [0.5, 0.6) is 0 Å². The third kappa shape index (κ3) is 7.97. The van der Waals surface area contributed by atoms with Crippen molar-refractivity contribution in [3.05, 3.63) is 108 Å². The number of hydrogen-bond donors (Lipinski definition) is 1. The van der Waals surface area contributed by atoms with Crippen LogP contribution in [0, 0.1) is 0 Å². The molecular formula is C33H38O9Si. The fourth-order valence-electron chi connectivity index (χ4n) is 4.24. The number of ether oxygens (including phenoxy) is 4. The maximum Gasteiger partial charge on any atom is 0.338 e. The lowest BCUT2D eigenvalue weighted by molar-refractivity contribution is -0.283. The van der Waals surface area contributed by atoms with Crippen molar-refractivity contribution in [1.29, 1.82) is 0 Å². The Balaban J connectivity index is 1.71. The number of esters is 3. The van der Waals surface area contributed by atoms with Gasteiger partial charge in [-0.1, -0.05) is 75.4 Å². The predicted molar refractivity (Wildman–Crippen MR) is 161 cm³/mol. The van der Waals surface area contributed by atoms with Gasteiger partial charge in [0.25, 0.3) is 0 Å². The van der Waals surface area contributed by atoms with E-state index >= 15 is 0 Å². The quantitative estimate of drug-likeness (QED) is 0.194. The first-order valence-electron chi connectivity index (χ1n) is 14.1. The summed E-state index contributed by atoms with van der Waals surface area (Å²) in [5.74, 6) is -2.25. The SMILES string of the molecule is CC(C)(C)[Si](C)(C)OC[C@H]1O[C@H](O)[C@@H](OC(=O)c2ccccc2)[C@@H](OC(=O)c2ccccc2)[C@@H]1OC(=O)c1ccccc1. The highest BCUT2D eigenvalue weighted by molar-refractivity contribution is 6.74. The highest BCUT2D eigenvalue weighted by Gasteiger charge is 2.53. The zero-order valence-corrected chi connectivity index (χ0v) is 26.0. The molecule has 3 aromatic carbocycles. The molecule has 0 amide bonds. The van der Waals surface area contributed by atoms with Crippen LogP contribution in [0.3, 0.4) is 0 Å². The van der Waals surface area contributed by atoms with Gasteiger partial charge in [0.2, 0.25) is 0 Å². The van der Waals surface area contributed by atoms with E-state index in [9.17, 15) is 19.5 Å². The van der Waals surface area contributed by atoms with Crippen LogP contribution in [0.4, 0.5) is 0 Å². The molecule has 0 unspecified atom stereocenters. The standard InChI is InChI=1S/C33H38O9Si/c1-33(2,3)43(4,5)38-21-25-26(40-29(34)22-15-9-6-10-16-22)27(41-30(35)23-17-11-7-12-18-23)28(32(37)39-25)42-31(36)24-19-13-8-14-20-24/h6-20,25-28,32,37H,21H2,1-5H3/t25-,26-,27+,28+,32+/m1/s1. The van der Waals surface area contributed by atoms with Gasteiger partial charge in [-0.05, 0) is 54.5 Å². The highest BCUT2D eigenvalue weighted by atomic mass is 28.4. The van der Waals surface area contributed by atoms with E-state index in [0.717, 1.165) is 0 Å². The van der Waals surface area contributed by atoms with Gasteiger partial charge in [0.1, 0.15) is 6.10 Å². The van der Waals surface area contributed by atoms with E-state index in [0.29, 0.717) is 0 Å². The molecular weight excluding hydrogens is 568 g/mol. The molecule has 228 valence electrons. The largest absolute Gasteiger partial charge is 0.452 e. The average molecular weight is 607 g/mol. The van der Waals surface area contributed by atoms with Gasteiger partial charge in [-0.2, -0.15) is 0 Å². The van der Waals surface area contributed by atoms with Gasteiger partial charge in [0.05, 0.1) is 23.3 Å². The van der Waals surface area contributed by atoms with Crippen molar-refractivity contribution < 1.29 is 42.9 Å². The van der Waals surface area contributed by atoms with Crippen LogP contribution in [0.25, 0.3) is 0 Å². The van der Waals surface area contributed by atoms with Crippen LogP contribution >= 0.6 is 0 Å². The molecule has 0 aliphatic carbocycles. The fourth-order valence-corrected chi connectivity index (χ4v) is 5.25. The molecule has 1 heterocycles. The highest BCUT2D eigenvalue weighted by Crippen LogP contribution is 2.38. The summed E-state index contributed by atoms with van der Waals surface area (Å²) in [6.07, 6.45) is -7.05. The first-order chi connectivity index (χ1) is 20.4. The molecule has 0 bridgehead atoms. The minimum atomic E-state index is -2.33. The van der Waals surface area contributed by atoms with E-state index < -0.39 is 56.9 Å². The number of aliphatic hydroxyl groups excluding tert-OH is 1. The molecule has 1 fully saturated rings. The van der Waals surface area contributed by atoms with Gasteiger partial charge >= 0.3 is 17.9 Å². The van der Waals surface area contributed by atoms with Crippen molar-refractivity contribution >= 4 is 26.2 Å². The third-order valence-electron chi connectivity index (χ3n) is 7.78. The Morgan fingerprint density at radius 2 is 1.05 bits per heavy atom. The lowest BCUT2D eigenvalue weighted by Crippen LogP contribution is -2.63. The Morgan fingerprint density at radius 3 is 1.44 bits per heavy atom. The van der Waals surface area contributed by atoms with Gasteiger partial charge < -0.3 is 28.5 Å². The van der Waals surface area contributed by atoms with Gasteiger partial charge in [0, 0.05) is 0 Å². The van der Waals surface area contributed by atoms with E-state index in [4.69, 9.17) is 23.4 Å². The maximum absolute atomic E-state index is 13.3. The molecule has 10 heteroatoms. The number of benzene rings is 3. The first kappa shape index (κ1) is 32.1. The molecule has 0 spiro atoms. The van der Waals surface area contributed by atoms with Crippen LogP contribution < -0.4 is 0 Å². The summed E-state index contributed by atoms with van der Waals surface area (Å²) in [5.41, 5.74) is 0.687. The van der Waals surface area contributed by atoms with Gasteiger partial charge in [-0.15, -0.1) is 0 Å². The second kappa shape index (κ2) is 13.6. The summed E-state index contributed by atoms with van der Waals surface area (Å²) in [7, 11) is -2.33. The summed E-state index contributed by atoms with van der Waals surface area (Å²) in [5, 5.41) is 11.0. The molecule has 5 atom stereocenters. The second-order valence-electron chi connectivity index (χ2n) is 11.8. The van der Waals surface area contributed by atoms with Crippen LogP contribution in [-0.4, -0.2) is 68.6 Å². The zero-order chi connectivity index (χ0) is 31.2. The number of aliphatic hydroxyl groups is 1. The van der Waals surface area contributed by atoms with E-state index in [1.165, 1.54) is 0 Å². The third-order valence-corrected chi connectivity index (χ3v) is 12.3. The van der Waals surface area contributed by atoms with Crippen LogP contribution in [0.2, 0.25) is 18.1 Å². The summed E-state index contributed by atoms with van der Waals surface area (Å²) in [6, 6.07) is 24.7. The Morgan fingerprint density at radius 1 is 0.674 bits per heavy atom. The smallest absolute Gasteiger partial charge is 0.338 e. The summed E-state index contributed by atoms with van der Waals surface area (Å²) >= 11 is 0. The molecule has 1 aliphatic rings. The van der Waals surface area contributed by atoms with Crippen LogP contribution in [0.1, 0.15) is 51.8 Å². The van der Waals surface area contributed by atoms with Crippen molar-refractivity contribution in [1.82, 2.24) is 0 Å². The molecule has 0 aromatic heterocycles. The predicted octanol–water partition coefficient (Wildman–Crippen LogP) is 5.40. The topological polar surface area (TPSA) is 118 Å². The molecule has 3 aromatic rings. The van der Waals surface area contributed by atoms with Crippen molar-refractivity contribution in [2.75, 3.05) is 6.61 Å². The molecule has 4 rings (SSSR count). The van der Waals surface area contributed by atoms with E-state index in [-0.39, 0.29) is 28.3 Å². The molecule has 1 N–H and O–H groups in total. The lowest BCUT2D eigenvalue weighted by Gasteiger charge is -2.44. The monoisotopic (exact) mass is 606 g/mol. The number of rotatable bonds is 9. The average Bonchev–Trinajstić information content (AvgIpc) is 2.99. The molecule has 9 nitrogen and oxygen atoms in total. The van der Waals surface area contributed by atoms with Crippen molar-refractivity contribution in [2.24, 2.45) is 0 Å². The van der Waals surface area contributed by atoms with Gasteiger partial charge in [-0.3, -0.25) is 0 Å². The second-order valence-corrected chi connectivity index (χ2v) is 16.7. The zero-order valence-electron chi connectivity index (χ0n) is 25.0. The minimum Gasteiger partial charge on any atom is -0.452 e. The molecule has 43 heavy (non-hydrogen) atoms. The van der Waals surface area contributed by atoms with Crippen molar-refractivity contribution in [3.8, 4) is 0 Å². The van der Waals surface area contributed by atoms with E-state index in [2.05, 4.69) is 33.9 Å². The molecule has 0 saturated carbocycles. The summed E-state index contributed by atoms with van der Waals surface area (Å²) in [4.78, 5) is 39.8. The Kier molecular flexibility index (Phi) is 10.2. The number of carbonyl (C=O) groups excluding carboxylic acids is 3. The van der Waals surface area contributed by atoms with Gasteiger partial charge in [-0.25, -0.2) is 14.4 Å². The van der Waals surface area contributed by atoms with Crippen molar-refractivity contribution in [2.45, 2.75) is 69.6 Å². The summed E-state index contributed by atoms with van der Waals surface area (Å²) in [6.45, 7) is 10.3. The normalized spacial score (nSPS) is 22.3. The number of hydrogen-bond acceptors (Lipinski definition) is 9. The first-order valence-corrected chi connectivity index (χ1v) is 17.0. The number of carbonyl (C=O) groups is 3. The minimum absolute atomic E-state index is 0.0704. The lowest BCUT2D eigenvalue weighted by atomic mass is 9.98.